The number of halogens is 1. The van der Waals surface area contributed by atoms with Crippen molar-refractivity contribution in [3.8, 4) is 11.4 Å². The van der Waals surface area contributed by atoms with Gasteiger partial charge >= 0.3 is 0 Å². The van der Waals surface area contributed by atoms with E-state index in [1.54, 1.807) is 14.0 Å². The van der Waals surface area contributed by atoms with Crippen LogP contribution >= 0.6 is 23.4 Å². The molecule has 0 fully saturated rings. The summed E-state index contributed by atoms with van der Waals surface area (Å²) in [5.41, 5.74) is 2.77. The normalized spacial score (nSPS) is 11.8. The van der Waals surface area contributed by atoms with Crippen molar-refractivity contribution >= 4 is 51.7 Å². The van der Waals surface area contributed by atoms with Crippen LogP contribution in [0.5, 0.6) is 5.75 Å². The molecule has 0 saturated carbocycles. The number of para-hydroxylation sites is 2. The van der Waals surface area contributed by atoms with Gasteiger partial charge in [0.05, 0.1) is 39.0 Å². The topological polar surface area (TPSA) is 99.3 Å². The second-order valence-electron chi connectivity index (χ2n) is 7.09. The quantitative estimate of drug-likeness (QED) is 0.205. The predicted octanol–water partition coefficient (Wildman–Crippen LogP) is 5.72. The van der Waals surface area contributed by atoms with Crippen LogP contribution in [0.15, 0.2) is 71.9 Å². The summed E-state index contributed by atoms with van der Waals surface area (Å²) in [7, 11) is 1.61. The third-order valence-electron chi connectivity index (χ3n) is 4.93. The van der Waals surface area contributed by atoms with E-state index in [-0.39, 0.29) is 16.6 Å². The molecule has 168 valence electrons. The lowest BCUT2D eigenvalue weighted by Gasteiger charge is -2.14. The Morgan fingerprint density at radius 1 is 1.18 bits per heavy atom. The molecular weight excluding hydrogens is 464 g/mol. The van der Waals surface area contributed by atoms with Gasteiger partial charge in [0.25, 0.3) is 5.69 Å². The summed E-state index contributed by atoms with van der Waals surface area (Å²) in [6.07, 6.45) is 0. The van der Waals surface area contributed by atoms with E-state index in [0.717, 1.165) is 22.5 Å². The van der Waals surface area contributed by atoms with Gasteiger partial charge in [-0.25, -0.2) is 4.98 Å². The Bertz CT molecular complexity index is 1340. The lowest BCUT2D eigenvalue weighted by Crippen LogP contribution is -2.23. The predicted molar refractivity (Wildman–Crippen MR) is 130 cm³/mol. The standard InChI is InChI=1S/C23H19ClN4O4S/c1-14(22(29)25-19-12-9-16(28(30)31)13-18(19)24)33-23-26-20-5-3-4-6-21(20)27(23)15-7-10-17(32-2)11-8-15/h3-14H,1-2H3,(H,25,29). The van der Waals surface area contributed by atoms with Gasteiger partial charge in [-0.1, -0.05) is 35.5 Å². The van der Waals surface area contributed by atoms with Crippen LogP contribution in [0, 0.1) is 10.1 Å². The van der Waals surface area contributed by atoms with Gasteiger partial charge in [-0.05, 0) is 49.4 Å². The minimum Gasteiger partial charge on any atom is -0.497 e. The summed E-state index contributed by atoms with van der Waals surface area (Å²) in [5, 5.41) is 13.9. The van der Waals surface area contributed by atoms with Crippen molar-refractivity contribution in [2.75, 3.05) is 12.4 Å². The average molecular weight is 483 g/mol. The monoisotopic (exact) mass is 482 g/mol. The van der Waals surface area contributed by atoms with Gasteiger partial charge in [0, 0.05) is 17.8 Å². The number of anilines is 1. The van der Waals surface area contributed by atoms with Crippen LogP contribution in [0.3, 0.4) is 0 Å². The zero-order chi connectivity index (χ0) is 23.5. The van der Waals surface area contributed by atoms with E-state index < -0.39 is 10.2 Å². The van der Waals surface area contributed by atoms with E-state index in [1.165, 1.54) is 30.0 Å². The highest BCUT2D eigenvalue weighted by atomic mass is 35.5. The first kappa shape index (κ1) is 22.6. The van der Waals surface area contributed by atoms with Crippen molar-refractivity contribution < 1.29 is 14.5 Å². The number of amides is 1. The number of nitro benzene ring substituents is 1. The molecule has 0 radical (unpaired) electrons. The minimum absolute atomic E-state index is 0.0974. The van der Waals surface area contributed by atoms with Crippen molar-refractivity contribution in [1.29, 1.82) is 0 Å². The number of ether oxygens (including phenoxy) is 1. The molecule has 0 bridgehead atoms. The molecule has 1 atom stereocenters. The molecule has 1 N–H and O–H groups in total. The Labute approximate surface area is 198 Å². The Balaban J connectivity index is 1.60. The van der Waals surface area contributed by atoms with Crippen LogP contribution in [0.2, 0.25) is 5.02 Å². The summed E-state index contributed by atoms with van der Waals surface area (Å²) in [6, 6.07) is 19.2. The highest BCUT2D eigenvalue weighted by molar-refractivity contribution is 8.00. The van der Waals surface area contributed by atoms with Gasteiger partial charge in [0.2, 0.25) is 5.91 Å². The number of fused-ring (bicyclic) bond motifs is 1. The zero-order valence-electron chi connectivity index (χ0n) is 17.7. The number of methoxy groups -OCH3 is 1. The molecule has 1 amide bonds. The van der Waals surface area contributed by atoms with E-state index >= 15 is 0 Å². The Hall–Kier alpha value is -3.56. The Morgan fingerprint density at radius 2 is 1.91 bits per heavy atom. The largest absolute Gasteiger partial charge is 0.497 e. The number of aromatic nitrogens is 2. The number of rotatable bonds is 7. The summed E-state index contributed by atoms with van der Waals surface area (Å²) in [5.74, 6) is 0.439. The van der Waals surface area contributed by atoms with Crippen LogP contribution < -0.4 is 10.1 Å². The van der Waals surface area contributed by atoms with E-state index in [0.29, 0.717) is 10.8 Å². The lowest BCUT2D eigenvalue weighted by atomic mass is 10.2. The molecule has 0 saturated heterocycles. The number of thioether (sulfide) groups is 1. The van der Waals surface area contributed by atoms with E-state index in [4.69, 9.17) is 21.3 Å². The molecule has 4 aromatic rings. The summed E-state index contributed by atoms with van der Waals surface area (Å²) < 4.78 is 7.24. The zero-order valence-corrected chi connectivity index (χ0v) is 19.3. The molecule has 0 spiro atoms. The summed E-state index contributed by atoms with van der Waals surface area (Å²) in [6.45, 7) is 1.76. The molecule has 0 aliphatic rings. The van der Waals surface area contributed by atoms with Crippen molar-refractivity contribution in [3.63, 3.8) is 0 Å². The summed E-state index contributed by atoms with van der Waals surface area (Å²) >= 11 is 7.41. The highest BCUT2D eigenvalue weighted by Crippen LogP contribution is 2.32. The summed E-state index contributed by atoms with van der Waals surface area (Å²) in [4.78, 5) is 27.9. The molecule has 1 aromatic heterocycles. The fourth-order valence-electron chi connectivity index (χ4n) is 3.23. The van der Waals surface area contributed by atoms with Crippen molar-refractivity contribution in [1.82, 2.24) is 9.55 Å². The molecule has 10 heteroatoms. The van der Waals surface area contributed by atoms with Crippen molar-refractivity contribution in [3.05, 3.63) is 81.9 Å². The van der Waals surface area contributed by atoms with Crippen LogP contribution in [0.25, 0.3) is 16.7 Å². The number of nitrogens with zero attached hydrogens (tertiary/aromatic N) is 3. The number of imidazole rings is 1. The molecule has 33 heavy (non-hydrogen) atoms. The van der Waals surface area contributed by atoms with Gasteiger partial charge in [-0.15, -0.1) is 0 Å². The molecule has 1 unspecified atom stereocenters. The number of hydrogen-bond donors (Lipinski definition) is 1. The van der Waals surface area contributed by atoms with Crippen LogP contribution in [0.4, 0.5) is 11.4 Å². The van der Waals surface area contributed by atoms with Crippen LogP contribution in [-0.4, -0.2) is 32.7 Å². The van der Waals surface area contributed by atoms with Crippen molar-refractivity contribution in [2.24, 2.45) is 0 Å². The van der Waals surface area contributed by atoms with E-state index in [2.05, 4.69) is 5.32 Å². The number of carbonyl (C=O) groups excluding carboxylic acids is 1. The number of nitro groups is 1. The molecular formula is C23H19ClN4O4S. The first-order chi connectivity index (χ1) is 15.9. The number of nitrogens with one attached hydrogen (secondary N) is 1. The maximum atomic E-state index is 12.9. The molecule has 3 aromatic carbocycles. The number of hydrogen-bond acceptors (Lipinski definition) is 6. The average Bonchev–Trinajstić information content (AvgIpc) is 3.17. The third-order valence-corrected chi connectivity index (χ3v) is 6.30. The van der Waals surface area contributed by atoms with Gasteiger partial charge in [0.1, 0.15) is 5.75 Å². The van der Waals surface area contributed by atoms with E-state index in [1.807, 2.05) is 53.1 Å². The van der Waals surface area contributed by atoms with Gasteiger partial charge in [-0.2, -0.15) is 0 Å². The molecule has 0 aliphatic heterocycles. The Kier molecular flexibility index (Phi) is 6.52. The fraction of sp³-hybridized carbons (Fsp3) is 0.130. The van der Waals surface area contributed by atoms with Gasteiger partial charge in [0.15, 0.2) is 5.16 Å². The first-order valence-electron chi connectivity index (χ1n) is 9.90. The lowest BCUT2D eigenvalue weighted by molar-refractivity contribution is -0.384. The smallest absolute Gasteiger partial charge is 0.271 e. The van der Waals surface area contributed by atoms with Crippen LogP contribution in [-0.2, 0) is 4.79 Å². The SMILES string of the molecule is COc1ccc(-n2c(SC(C)C(=O)Nc3ccc([N+](=O)[O-])cc3Cl)nc3ccccc32)cc1. The molecule has 0 aliphatic carbocycles. The number of non-ortho nitro benzene ring substituents is 1. The minimum atomic E-state index is -0.542. The van der Waals surface area contributed by atoms with Crippen LogP contribution in [0.1, 0.15) is 6.92 Å². The second kappa shape index (κ2) is 9.51. The number of carbonyl (C=O) groups is 1. The molecule has 4 rings (SSSR count). The van der Waals surface area contributed by atoms with E-state index in [9.17, 15) is 14.9 Å². The third kappa shape index (κ3) is 4.79. The van der Waals surface area contributed by atoms with Gasteiger partial charge in [-0.3, -0.25) is 19.5 Å². The maximum Gasteiger partial charge on any atom is 0.271 e. The Morgan fingerprint density at radius 3 is 2.58 bits per heavy atom. The molecule has 1 heterocycles. The fourth-order valence-corrected chi connectivity index (χ4v) is 4.39. The van der Waals surface area contributed by atoms with Crippen molar-refractivity contribution in [2.45, 2.75) is 17.3 Å². The highest BCUT2D eigenvalue weighted by Gasteiger charge is 2.21. The first-order valence-corrected chi connectivity index (χ1v) is 11.2. The maximum absolute atomic E-state index is 12.9. The second-order valence-corrected chi connectivity index (χ2v) is 8.80. The molecule has 8 nitrogen and oxygen atoms in total. The number of benzene rings is 3. The van der Waals surface area contributed by atoms with Gasteiger partial charge < -0.3 is 10.1 Å².